The number of benzene rings is 3. The summed E-state index contributed by atoms with van der Waals surface area (Å²) in [4.78, 5) is 21.4. The van der Waals surface area contributed by atoms with Crippen molar-refractivity contribution in [1.82, 2.24) is 15.3 Å². The molecule has 160 valence electrons. The summed E-state index contributed by atoms with van der Waals surface area (Å²) in [5, 5.41) is 6.09. The summed E-state index contributed by atoms with van der Waals surface area (Å²) in [6.07, 6.45) is 3.57. The van der Waals surface area contributed by atoms with Crippen molar-refractivity contribution in [3.05, 3.63) is 102 Å². The molecule has 6 nitrogen and oxygen atoms in total. The topological polar surface area (TPSA) is 76.1 Å². The minimum atomic E-state index is -0.153. The average molecular weight is 425 g/mol. The van der Waals surface area contributed by atoms with E-state index < -0.39 is 0 Å². The molecule has 32 heavy (non-hydrogen) atoms. The standard InChI is InChI=1S/C26H24N4O2/c1-18-5-3-6-20(13-18)22-16-28-26(29-17-22)30-23-8-4-7-21(14-23)25(31)27-15-19-9-11-24(32-2)12-10-19/h3-14,16-17H,15H2,1-2H3,(H,27,31)(H,28,29,30). The molecule has 0 saturated heterocycles. The number of carbonyl (C=O) groups excluding carboxylic acids is 1. The van der Waals surface area contributed by atoms with E-state index in [1.165, 1.54) is 5.56 Å². The molecule has 0 bridgehead atoms. The molecule has 0 aliphatic carbocycles. The van der Waals surface area contributed by atoms with E-state index in [9.17, 15) is 4.79 Å². The lowest BCUT2D eigenvalue weighted by molar-refractivity contribution is 0.0951. The second-order valence-corrected chi connectivity index (χ2v) is 7.40. The van der Waals surface area contributed by atoms with Gasteiger partial charge in [0.1, 0.15) is 5.75 Å². The van der Waals surface area contributed by atoms with Crippen molar-refractivity contribution < 1.29 is 9.53 Å². The molecule has 1 aromatic heterocycles. The predicted octanol–water partition coefficient (Wildman–Crippen LogP) is 5.13. The number of amides is 1. The van der Waals surface area contributed by atoms with Gasteiger partial charge in [0, 0.05) is 35.8 Å². The SMILES string of the molecule is COc1ccc(CNC(=O)c2cccc(Nc3ncc(-c4cccc(C)c4)cn3)c2)cc1. The normalized spacial score (nSPS) is 10.4. The molecular formula is C26H24N4O2. The van der Waals surface area contributed by atoms with Gasteiger partial charge in [-0.05, 0) is 48.4 Å². The summed E-state index contributed by atoms with van der Waals surface area (Å²) >= 11 is 0. The van der Waals surface area contributed by atoms with Crippen LogP contribution in [0.3, 0.4) is 0 Å². The van der Waals surface area contributed by atoms with Gasteiger partial charge in [-0.15, -0.1) is 0 Å². The molecule has 1 amide bonds. The molecule has 1 heterocycles. The highest BCUT2D eigenvalue weighted by Gasteiger charge is 2.08. The quantitative estimate of drug-likeness (QED) is 0.430. The van der Waals surface area contributed by atoms with Crippen LogP contribution in [-0.4, -0.2) is 23.0 Å². The van der Waals surface area contributed by atoms with Gasteiger partial charge in [-0.1, -0.05) is 48.0 Å². The molecule has 2 N–H and O–H groups in total. The van der Waals surface area contributed by atoms with Gasteiger partial charge in [-0.3, -0.25) is 4.79 Å². The van der Waals surface area contributed by atoms with E-state index in [1.807, 2.05) is 48.5 Å². The van der Waals surface area contributed by atoms with E-state index in [4.69, 9.17) is 4.74 Å². The van der Waals surface area contributed by atoms with Gasteiger partial charge in [0.2, 0.25) is 5.95 Å². The molecule has 0 aliphatic heterocycles. The Kier molecular flexibility index (Phi) is 6.41. The van der Waals surface area contributed by atoms with Crippen LogP contribution >= 0.6 is 0 Å². The number of methoxy groups -OCH3 is 1. The average Bonchev–Trinajstić information content (AvgIpc) is 2.83. The van der Waals surface area contributed by atoms with Crippen LogP contribution in [0.25, 0.3) is 11.1 Å². The molecule has 0 fully saturated rings. The third-order valence-corrected chi connectivity index (χ3v) is 5.00. The first kappa shape index (κ1) is 21.1. The summed E-state index contributed by atoms with van der Waals surface area (Å²) in [7, 11) is 1.63. The molecule has 0 radical (unpaired) electrons. The summed E-state index contributed by atoms with van der Waals surface area (Å²) < 4.78 is 5.16. The fourth-order valence-corrected chi connectivity index (χ4v) is 3.26. The van der Waals surface area contributed by atoms with Crippen LogP contribution in [0, 0.1) is 6.92 Å². The third-order valence-electron chi connectivity index (χ3n) is 5.00. The first-order valence-electron chi connectivity index (χ1n) is 10.3. The Morgan fingerprint density at radius 1 is 0.906 bits per heavy atom. The summed E-state index contributed by atoms with van der Waals surface area (Å²) in [5.41, 5.74) is 5.51. The molecule has 0 aliphatic rings. The Bertz CT molecular complexity index is 1210. The van der Waals surface area contributed by atoms with Crippen molar-refractivity contribution in [2.45, 2.75) is 13.5 Å². The zero-order chi connectivity index (χ0) is 22.3. The van der Waals surface area contributed by atoms with Crippen molar-refractivity contribution in [3.8, 4) is 16.9 Å². The molecule has 0 atom stereocenters. The third kappa shape index (κ3) is 5.29. The number of ether oxygens (including phenoxy) is 1. The van der Waals surface area contributed by atoms with Crippen LogP contribution in [0.2, 0.25) is 0 Å². The Morgan fingerprint density at radius 2 is 1.66 bits per heavy atom. The highest BCUT2D eigenvalue weighted by atomic mass is 16.5. The Labute approximate surface area is 187 Å². The van der Waals surface area contributed by atoms with E-state index in [-0.39, 0.29) is 5.91 Å². The number of carbonyl (C=O) groups is 1. The lowest BCUT2D eigenvalue weighted by Gasteiger charge is -2.09. The Morgan fingerprint density at radius 3 is 2.38 bits per heavy atom. The number of anilines is 2. The lowest BCUT2D eigenvalue weighted by Crippen LogP contribution is -2.22. The van der Waals surface area contributed by atoms with Crippen LogP contribution in [-0.2, 0) is 6.54 Å². The van der Waals surface area contributed by atoms with Crippen LogP contribution in [0.4, 0.5) is 11.6 Å². The number of aromatic nitrogens is 2. The van der Waals surface area contributed by atoms with Crippen molar-refractivity contribution in [1.29, 1.82) is 0 Å². The largest absolute Gasteiger partial charge is 0.497 e. The van der Waals surface area contributed by atoms with Crippen LogP contribution in [0.1, 0.15) is 21.5 Å². The fourth-order valence-electron chi connectivity index (χ4n) is 3.26. The fraction of sp³-hybridized carbons (Fsp3) is 0.115. The van der Waals surface area contributed by atoms with E-state index in [1.54, 1.807) is 31.6 Å². The zero-order valence-corrected chi connectivity index (χ0v) is 18.0. The minimum Gasteiger partial charge on any atom is -0.497 e. The second-order valence-electron chi connectivity index (χ2n) is 7.40. The van der Waals surface area contributed by atoms with Gasteiger partial charge in [0.05, 0.1) is 7.11 Å². The molecule has 4 aromatic rings. The molecular weight excluding hydrogens is 400 g/mol. The lowest BCUT2D eigenvalue weighted by atomic mass is 10.1. The number of hydrogen-bond donors (Lipinski definition) is 2. The van der Waals surface area contributed by atoms with Crippen molar-refractivity contribution >= 4 is 17.5 Å². The summed E-state index contributed by atoms with van der Waals surface area (Å²) in [6.45, 7) is 2.49. The van der Waals surface area contributed by atoms with Crippen LogP contribution in [0.5, 0.6) is 5.75 Å². The number of rotatable bonds is 7. The molecule has 4 rings (SSSR count). The summed E-state index contributed by atoms with van der Waals surface area (Å²) in [5.74, 6) is 1.10. The molecule has 3 aromatic carbocycles. The molecule has 6 heteroatoms. The number of aryl methyl sites for hydroxylation is 1. The van der Waals surface area contributed by atoms with E-state index in [2.05, 4.69) is 39.7 Å². The number of hydrogen-bond acceptors (Lipinski definition) is 5. The molecule has 0 saturated carbocycles. The predicted molar refractivity (Wildman–Crippen MR) is 126 cm³/mol. The maximum absolute atomic E-state index is 12.6. The highest BCUT2D eigenvalue weighted by Crippen LogP contribution is 2.21. The zero-order valence-electron chi connectivity index (χ0n) is 18.0. The van der Waals surface area contributed by atoms with E-state index in [0.29, 0.717) is 18.1 Å². The van der Waals surface area contributed by atoms with Gasteiger partial charge >= 0.3 is 0 Å². The van der Waals surface area contributed by atoms with E-state index in [0.717, 1.165) is 28.1 Å². The molecule has 0 spiro atoms. The van der Waals surface area contributed by atoms with Gasteiger partial charge in [-0.25, -0.2) is 9.97 Å². The van der Waals surface area contributed by atoms with Crippen molar-refractivity contribution in [3.63, 3.8) is 0 Å². The Balaban J connectivity index is 1.39. The van der Waals surface area contributed by atoms with Crippen molar-refractivity contribution in [2.24, 2.45) is 0 Å². The van der Waals surface area contributed by atoms with Gasteiger partial charge in [0.15, 0.2) is 0 Å². The van der Waals surface area contributed by atoms with Gasteiger partial charge in [0.25, 0.3) is 5.91 Å². The second kappa shape index (κ2) is 9.75. The Hall–Kier alpha value is -4.19. The highest BCUT2D eigenvalue weighted by molar-refractivity contribution is 5.95. The smallest absolute Gasteiger partial charge is 0.251 e. The summed E-state index contributed by atoms with van der Waals surface area (Å²) in [6, 6.07) is 23.0. The monoisotopic (exact) mass is 424 g/mol. The van der Waals surface area contributed by atoms with Crippen LogP contribution < -0.4 is 15.4 Å². The molecule has 0 unspecified atom stereocenters. The first-order valence-corrected chi connectivity index (χ1v) is 10.3. The number of nitrogens with zero attached hydrogens (tertiary/aromatic N) is 2. The minimum absolute atomic E-state index is 0.153. The van der Waals surface area contributed by atoms with Crippen LogP contribution in [0.15, 0.2) is 85.2 Å². The maximum atomic E-state index is 12.6. The van der Waals surface area contributed by atoms with E-state index >= 15 is 0 Å². The van der Waals surface area contributed by atoms with Gasteiger partial charge < -0.3 is 15.4 Å². The maximum Gasteiger partial charge on any atom is 0.251 e. The van der Waals surface area contributed by atoms with Crippen molar-refractivity contribution in [2.75, 3.05) is 12.4 Å². The first-order chi connectivity index (χ1) is 15.6. The van der Waals surface area contributed by atoms with Gasteiger partial charge in [-0.2, -0.15) is 0 Å². The number of nitrogens with one attached hydrogen (secondary N) is 2.